The van der Waals surface area contributed by atoms with Crippen LogP contribution in [0.2, 0.25) is 0 Å². The van der Waals surface area contributed by atoms with Crippen molar-refractivity contribution >= 4 is 11.6 Å². The van der Waals surface area contributed by atoms with Crippen molar-refractivity contribution in [2.45, 2.75) is 39.3 Å². The van der Waals surface area contributed by atoms with Crippen LogP contribution in [0.3, 0.4) is 0 Å². The van der Waals surface area contributed by atoms with Gasteiger partial charge in [-0.15, -0.1) is 0 Å². The SMILES string of the molecule is CO/N=C1\CC(c2nc(CCn3nc(C)cc3C)no2)N(C(=O)c2ccc(-c3ccccc3)cc2)C1. The van der Waals surface area contributed by atoms with Crippen molar-refractivity contribution in [2.75, 3.05) is 13.7 Å². The highest BCUT2D eigenvalue weighted by atomic mass is 16.6. The van der Waals surface area contributed by atoms with E-state index < -0.39 is 6.04 Å². The number of hydrogen-bond donors (Lipinski definition) is 0. The minimum Gasteiger partial charge on any atom is -0.399 e. The zero-order valence-electron chi connectivity index (χ0n) is 20.6. The number of aromatic nitrogens is 4. The standard InChI is InChI=1S/C27H28N6O3/c1-18-15-19(2)33(29-18)14-13-25-28-26(36-31-25)24-16-23(30-35-3)17-32(24)27(34)22-11-9-21(10-12-22)20-7-5-4-6-8-20/h4-12,15,24H,13-14,16-17H2,1-3H3/b30-23+. The molecule has 4 aromatic rings. The Morgan fingerprint density at radius 3 is 2.56 bits per heavy atom. The third-order valence-corrected chi connectivity index (χ3v) is 6.30. The Bertz CT molecular complexity index is 1370. The topological polar surface area (TPSA) is 98.6 Å². The molecule has 0 N–H and O–H groups in total. The van der Waals surface area contributed by atoms with Gasteiger partial charge < -0.3 is 14.3 Å². The molecule has 0 saturated carbocycles. The van der Waals surface area contributed by atoms with Crippen LogP contribution in [0.5, 0.6) is 0 Å². The number of carbonyl (C=O) groups excluding carboxylic acids is 1. The van der Waals surface area contributed by atoms with Gasteiger partial charge in [0.05, 0.1) is 18.0 Å². The molecule has 1 aliphatic rings. The van der Waals surface area contributed by atoms with Gasteiger partial charge in [0.15, 0.2) is 5.82 Å². The van der Waals surface area contributed by atoms with Crippen molar-refractivity contribution in [3.63, 3.8) is 0 Å². The monoisotopic (exact) mass is 484 g/mol. The van der Waals surface area contributed by atoms with Crippen LogP contribution in [0, 0.1) is 13.8 Å². The van der Waals surface area contributed by atoms with E-state index in [1.54, 1.807) is 4.90 Å². The molecule has 0 bridgehead atoms. The predicted molar refractivity (Wildman–Crippen MR) is 134 cm³/mol. The van der Waals surface area contributed by atoms with E-state index in [1.807, 2.05) is 79.2 Å². The second-order valence-electron chi connectivity index (χ2n) is 8.89. The van der Waals surface area contributed by atoms with Crippen LogP contribution in [0.1, 0.15) is 45.9 Å². The van der Waals surface area contributed by atoms with Crippen molar-refractivity contribution in [3.05, 3.63) is 89.3 Å². The lowest BCUT2D eigenvalue weighted by molar-refractivity contribution is 0.0713. The molecule has 2 aromatic carbocycles. The second kappa shape index (κ2) is 10.2. The molecule has 1 amide bonds. The van der Waals surface area contributed by atoms with Crippen molar-refractivity contribution in [1.82, 2.24) is 24.8 Å². The maximum atomic E-state index is 13.5. The summed E-state index contributed by atoms with van der Waals surface area (Å²) in [6, 6.07) is 19.3. The maximum Gasteiger partial charge on any atom is 0.254 e. The largest absolute Gasteiger partial charge is 0.399 e. The van der Waals surface area contributed by atoms with Crippen LogP contribution in [-0.4, -0.2) is 50.1 Å². The molecule has 9 nitrogen and oxygen atoms in total. The fourth-order valence-corrected chi connectivity index (χ4v) is 4.55. The number of nitrogens with zero attached hydrogens (tertiary/aromatic N) is 6. The molecule has 1 atom stereocenters. The van der Waals surface area contributed by atoms with E-state index in [0.29, 0.717) is 43.2 Å². The zero-order chi connectivity index (χ0) is 25.1. The van der Waals surface area contributed by atoms with Crippen LogP contribution in [-0.2, 0) is 17.8 Å². The number of aryl methyl sites for hydroxylation is 4. The summed E-state index contributed by atoms with van der Waals surface area (Å²) >= 11 is 0. The average molecular weight is 485 g/mol. The molecule has 0 radical (unpaired) electrons. The Hall–Kier alpha value is -4.27. The molecule has 5 rings (SSSR count). The second-order valence-corrected chi connectivity index (χ2v) is 8.89. The Labute approximate surface area is 209 Å². The highest BCUT2D eigenvalue weighted by molar-refractivity contribution is 6.00. The lowest BCUT2D eigenvalue weighted by Crippen LogP contribution is -2.31. The number of amides is 1. The number of benzene rings is 2. The summed E-state index contributed by atoms with van der Waals surface area (Å²) < 4.78 is 7.54. The van der Waals surface area contributed by atoms with Gasteiger partial charge in [-0.25, -0.2) is 0 Å². The lowest BCUT2D eigenvalue weighted by Gasteiger charge is -2.21. The average Bonchev–Trinajstić information content (AvgIpc) is 3.61. The predicted octanol–water partition coefficient (Wildman–Crippen LogP) is 4.38. The first kappa shape index (κ1) is 23.5. The van der Waals surface area contributed by atoms with Gasteiger partial charge in [0.1, 0.15) is 13.2 Å². The van der Waals surface area contributed by atoms with Crippen LogP contribution < -0.4 is 0 Å². The molecule has 3 heterocycles. The van der Waals surface area contributed by atoms with Crippen LogP contribution in [0.25, 0.3) is 11.1 Å². The Kier molecular flexibility index (Phi) is 6.62. The van der Waals surface area contributed by atoms with Gasteiger partial charge in [-0.05, 0) is 43.2 Å². The first-order chi connectivity index (χ1) is 17.5. The van der Waals surface area contributed by atoms with E-state index in [9.17, 15) is 4.79 Å². The minimum absolute atomic E-state index is 0.122. The number of oxime groups is 1. The lowest BCUT2D eigenvalue weighted by atomic mass is 10.0. The van der Waals surface area contributed by atoms with E-state index in [0.717, 1.165) is 28.2 Å². The number of likely N-dealkylation sites (tertiary alicyclic amines) is 1. The molecular weight excluding hydrogens is 456 g/mol. The summed E-state index contributed by atoms with van der Waals surface area (Å²) in [4.78, 5) is 24.8. The number of rotatable bonds is 7. The fraction of sp³-hybridized carbons (Fsp3) is 0.296. The van der Waals surface area contributed by atoms with Crippen molar-refractivity contribution < 1.29 is 14.2 Å². The minimum atomic E-state index is -0.407. The summed E-state index contributed by atoms with van der Waals surface area (Å²) in [6.07, 6.45) is 1.05. The number of carbonyl (C=O) groups is 1. The van der Waals surface area contributed by atoms with Gasteiger partial charge in [0, 0.05) is 30.6 Å². The van der Waals surface area contributed by atoms with Crippen LogP contribution in [0.15, 0.2) is 70.3 Å². The third kappa shape index (κ3) is 4.91. The summed E-state index contributed by atoms with van der Waals surface area (Å²) in [7, 11) is 1.50. The molecule has 1 saturated heterocycles. The molecule has 0 spiro atoms. The highest BCUT2D eigenvalue weighted by Crippen LogP contribution is 2.32. The summed E-state index contributed by atoms with van der Waals surface area (Å²) in [6.45, 7) is 4.97. The highest BCUT2D eigenvalue weighted by Gasteiger charge is 2.38. The quantitative estimate of drug-likeness (QED) is 0.361. The van der Waals surface area contributed by atoms with Gasteiger partial charge in [-0.2, -0.15) is 10.1 Å². The molecule has 2 aromatic heterocycles. The summed E-state index contributed by atoms with van der Waals surface area (Å²) in [5, 5.41) is 12.7. The third-order valence-electron chi connectivity index (χ3n) is 6.30. The first-order valence-corrected chi connectivity index (χ1v) is 11.9. The van der Waals surface area contributed by atoms with Crippen molar-refractivity contribution in [3.8, 4) is 11.1 Å². The van der Waals surface area contributed by atoms with E-state index in [4.69, 9.17) is 9.36 Å². The van der Waals surface area contributed by atoms with E-state index in [2.05, 4.69) is 20.4 Å². The van der Waals surface area contributed by atoms with Gasteiger partial charge in [-0.3, -0.25) is 9.48 Å². The normalized spacial score (nSPS) is 16.6. The smallest absolute Gasteiger partial charge is 0.254 e. The van der Waals surface area contributed by atoms with Gasteiger partial charge in [-0.1, -0.05) is 52.8 Å². The molecule has 9 heteroatoms. The maximum absolute atomic E-state index is 13.5. The van der Waals surface area contributed by atoms with Crippen LogP contribution >= 0.6 is 0 Å². The Morgan fingerprint density at radius 1 is 1.11 bits per heavy atom. The summed E-state index contributed by atoms with van der Waals surface area (Å²) in [5.74, 6) is 0.853. The van der Waals surface area contributed by atoms with Crippen molar-refractivity contribution in [2.24, 2.45) is 5.16 Å². The molecule has 0 aliphatic carbocycles. The molecule has 1 aliphatic heterocycles. The Balaban J connectivity index is 1.34. The van der Waals surface area contributed by atoms with Gasteiger partial charge in [0.25, 0.3) is 5.91 Å². The number of hydrogen-bond acceptors (Lipinski definition) is 7. The zero-order valence-corrected chi connectivity index (χ0v) is 20.6. The van der Waals surface area contributed by atoms with Gasteiger partial charge in [0.2, 0.25) is 5.89 Å². The fourth-order valence-electron chi connectivity index (χ4n) is 4.55. The van der Waals surface area contributed by atoms with E-state index in [-0.39, 0.29) is 5.91 Å². The molecule has 184 valence electrons. The summed E-state index contributed by atoms with van der Waals surface area (Å²) in [5.41, 5.74) is 5.55. The molecule has 36 heavy (non-hydrogen) atoms. The Morgan fingerprint density at radius 2 is 1.86 bits per heavy atom. The molecular formula is C27H28N6O3. The van der Waals surface area contributed by atoms with E-state index in [1.165, 1.54) is 7.11 Å². The molecule has 1 unspecified atom stereocenters. The molecule has 1 fully saturated rings. The first-order valence-electron chi connectivity index (χ1n) is 11.9. The van der Waals surface area contributed by atoms with Crippen molar-refractivity contribution in [1.29, 1.82) is 0 Å². The van der Waals surface area contributed by atoms with Crippen LogP contribution in [0.4, 0.5) is 0 Å². The van der Waals surface area contributed by atoms with Gasteiger partial charge >= 0.3 is 0 Å². The van der Waals surface area contributed by atoms with E-state index >= 15 is 0 Å².